The van der Waals surface area contributed by atoms with Gasteiger partial charge in [-0.3, -0.25) is 9.59 Å². The fourth-order valence-corrected chi connectivity index (χ4v) is 5.54. The van der Waals surface area contributed by atoms with E-state index in [9.17, 15) is 35.9 Å². The molecule has 0 spiro atoms. The second-order valence-corrected chi connectivity index (χ2v) is 11.2. The minimum absolute atomic E-state index is 0.0355. The fraction of sp³-hybridized carbons (Fsp3) is 0.630. The van der Waals surface area contributed by atoms with E-state index in [0.29, 0.717) is 19.0 Å². The maximum Gasteiger partial charge on any atom is 0.451 e. The molecule has 1 aromatic carbocycles. The number of nitrogens with zero attached hydrogens (tertiary/aromatic N) is 4. The summed E-state index contributed by atoms with van der Waals surface area (Å²) in [5.74, 6) is -5.75. The standard InChI is InChI=1S/C27H34F6N6O2/c1-14(2)24(34)25(41)38-6-3-4-18(38)13-35-17(8-16-9-20(29)21(30)12-19(16)28)11-22(40)15-5-7-39-23(10-15)36-37-26(39)27(31,32)33/h9,12,14-15,17-18,24,35H,3-8,10-11,13,34H2,1-2H3. The monoisotopic (exact) mass is 588 g/mol. The number of halogens is 6. The number of hydrogen-bond acceptors (Lipinski definition) is 6. The van der Waals surface area contributed by atoms with Gasteiger partial charge in [0, 0.05) is 56.5 Å². The number of carbonyl (C=O) groups excluding carboxylic acids is 2. The Kier molecular flexibility index (Phi) is 9.42. The van der Waals surface area contributed by atoms with Gasteiger partial charge in [-0.1, -0.05) is 13.8 Å². The summed E-state index contributed by atoms with van der Waals surface area (Å²) in [5.41, 5.74) is 5.94. The Balaban J connectivity index is 1.48. The van der Waals surface area contributed by atoms with Crippen LogP contribution in [0.2, 0.25) is 0 Å². The average Bonchev–Trinajstić information content (AvgIpc) is 3.56. The van der Waals surface area contributed by atoms with Crippen LogP contribution in [-0.4, -0.2) is 62.6 Å². The third-order valence-electron chi connectivity index (χ3n) is 7.98. The molecule has 1 fully saturated rings. The molecule has 4 unspecified atom stereocenters. The lowest BCUT2D eigenvalue weighted by atomic mass is 9.88. The quantitative estimate of drug-likeness (QED) is 0.326. The van der Waals surface area contributed by atoms with E-state index in [1.54, 1.807) is 4.90 Å². The number of nitrogens with two attached hydrogens (primary N) is 1. The van der Waals surface area contributed by atoms with E-state index in [4.69, 9.17) is 5.73 Å². The molecule has 1 saturated heterocycles. The summed E-state index contributed by atoms with van der Waals surface area (Å²) in [6.45, 7) is 4.39. The van der Waals surface area contributed by atoms with Crippen LogP contribution >= 0.6 is 0 Å². The molecule has 4 atom stereocenters. The van der Waals surface area contributed by atoms with Crippen molar-refractivity contribution in [2.75, 3.05) is 13.1 Å². The Morgan fingerprint density at radius 1 is 1.07 bits per heavy atom. The molecule has 2 aliphatic rings. The molecule has 14 heteroatoms. The van der Waals surface area contributed by atoms with Crippen molar-refractivity contribution in [3.8, 4) is 0 Å². The number of Topliss-reactive ketones (excluding diaryl/α,β-unsaturated/α-hetero) is 1. The summed E-state index contributed by atoms with van der Waals surface area (Å²) < 4.78 is 82.5. The molecule has 41 heavy (non-hydrogen) atoms. The number of amides is 1. The first kappa shape index (κ1) is 30.9. The SMILES string of the molecule is CC(C)C(N)C(=O)N1CCCC1CNC(CC(=O)C1CCn2c(nnc2C(F)(F)F)C1)Cc1cc(F)c(F)cc1F. The first-order valence-corrected chi connectivity index (χ1v) is 13.7. The molecule has 0 radical (unpaired) electrons. The first-order valence-electron chi connectivity index (χ1n) is 13.7. The Labute approximate surface area is 233 Å². The molecule has 0 aliphatic carbocycles. The highest BCUT2D eigenvalue weighted by Gasteiger charge is 2.41. The minimum Gasteiger partial charge on any atom is -0.337 e. The van der Waals surface area contributed by atoms with Crippen molar-refractivity contribution in [2.24, 2.45) is 17.6 Å². The first-order chi connectivity index (χ1) is 19.3. The van der Waals surface area contributed by atoms with E-state index in [1.165, 1.54) is 0 Å². The van der Waals surface area contributed by atoms with Crippen molar-refractivity contribution < 1.29 is 35.9 Å². The van der Waals surface area contributed by atoms with Crippen LogP contribution in [0.15, 0.2) is 12.1 Å². The molecule has 2 aromatic rings. The van der Waals surface area contributed by atoms with Gasteiger partial charge in [0.05, 0.1) is 6.04 Å². The van der Waals surface area contributed by atoms with Gasteiger partial charge in [-0.2, -0.15) is 13.2 Å². The highest BCUT2D eigenvalue weighted by atomic mass is 19.4. The Hall–Kier alpha value is -3.00. The Bertz CT molecular complexity index is 1270. The van der Waals surface area contributed by atoms with Crippen LogP contribution in [0, 0.1) is 29.3 Å². The number of alkyl halides is 3. The third-order valence-corrected chi connectivity index (χ3v) is 7.98. The van der Waals surface area contributed by atoms with Crippen molar-refractivity contribution in [1.29, 1.82) is 0 Å². The van der Waals surface area contributed by atoms with Crippen molar-refractivity contribution in [1.82, 2.24) is 25.0 Å². The normalized spacial score (nSPS) is 20.8. The highest BCUT2D eigenvalue weighted by Crippen LogP contribution is 2.32. The molecule has 8 nitrogen and oxygen atoms in total. The van der Waals surface area contributed by atoms with Gasteiger partial charge in [-0.15, -0.1) is 10.2 Å². The number of fused-ring (bicyclic) bond motifs is 1. The molecule has 2 aliphatic heterocycles. The number of benzene rings is 1. The molecule has 1 amide bonds. The lowest BCUT2D eigenvalue weighted by molar-refractivity contribution is -0.147. The van der Waals surface area contributed by atoms with Gasteiger partial charge in [0.25, 0.3) is 0 Å². The second-order valence-electron chi connectivity index (χ2n) is 11.2. The number of likely N-dealkylation sites (tertiary alicyclic amines) is 1. The number of carbonyl (C=O) groups is 2. The second kappa shape index (κ2) is 12.5. The molecule has 0 saturated carbocycles. The van der Waals surface area contributed by atoms with Gasteiger partial charge in [0.15, 0.2) is 11.6 Å². The van der Waals surface area contributed by atoms with Crippen LogP contribution in [0.4, 0.5) is 26.3 Å². The van der Waals surface area contributed by atoms with E-state index in [2.05, 4.69) is 15.5 Å². The van der Waals surface area contributed by atoms with Crippen LogP contribution in [0.5, 0.6) is 0 Å². The zero-order chi connectivity index (χ0) is 30.1. The van der Waals surface area contributed by atoms with Gasteiger partial charge in [0.1, 0.15) is 17.4 Å². The maximum absolute atomic E-state index is 14.5. The largest absolute Gasteiger partial charge is 0.451 e. The van der Waals surface area contributed by atoms with Crippen LogP contribution in [-0.2, 0) is 35.2 Å². The minimum atomic E-state index is -4.67. The Morgan fingerprint density at radius 2 is 1.78 bits per heavy atom. The van der Waals surface area contributed by atoms with Crippen LogP contribution in [0.3, 0.4) is 0 Å². The average molecular weight is 589 g/mol. The van der Waals surface area contributed by atoms with Gasteiger partial charge >= 0.3 is 6.18 Å². The summed E-state index contributed by atoms with van der Waals surface area (Å²) in [5, 5.41) is 10.1. The van der Waals surface area contributed by atoms with E-state index in [0.717, 1.165) is 17.1 Å². The topological polar surface area (TPSA) is 106 Å². The molecule has 3 N–H and O–H groups in total. The molecule has 4 rings (SSSR count). The summed E-state index contributed by atoms with van der Waals surface area (Å²) >= 11 is 0. The molecular formula is C27H34F6N6O2. The molecule has 1 aromatic heterocycles. The zero-order valence-electron chi connectivity index (χ0n) is 22.9. The predicted octanol–water partition coefficient (Wildman–Crippen LogP) is 3.41. The lowest BCUT2D eigenvalue weighted by Gasteiger charge is -2.31. The predicted molar refractivity (Wildman–Crippen MR) is 136 cm³/mol. The van der Waals surface area contributed by atoms with Crippen LogP contribution < -0.4 is 11.1 Å². The maximum atomic E-state index is 14.5. The van der Waals surface area contributed by atoms with Gasteiger partial charge in [-0.05, 0) is 43.2 Å². The smallest absolute Gasteiger partial charge is 0.337 e. The van der Waals surface area contributed by atoms with Crippen molar-refractivity contribution in [2.45, 2.75) is 83.2 Å². The number of rotatable bonds is 10. The summed E-state index contributed by atoms with van der Waals surface area (Å²) in [4.78, 5) is 27.9. The van der Waals surface area contributed by atoms with E-state index in [1.807, 2.05) is 13.8 Å². The van der Waals surface area contributed by atoms with Crippen molar-refractivity contribution in [3.05, 3.63) is 46.8 Å². The zero-order valence-corrected chi connectivity index (χ0v) is 22.9. The molecule has 0 bridgehead atoms. The van der Waals surface area contributed by atoms with Crippen molar-refractivity contribution >= 4 is 11.7 Å². The Morgan fingerprint density at radius 3 is 2.46 bits per heavy atom. The van der Waals surface area contributed by atoms with Crippen molar-refractivity contribution in [3.63, 3.8) is 0 Å². The van der Waals surface area contributed by atoms with Gasteiger partial charge in [-0.25, -0.2) is 13.2 Å². The van der Waals surface area contributed by atoms with Crippen LogP contribution in [0.25, 0.3) is 0 Å². The fourth-order valence-electron chi connectivity index (χ4n) is 5.54. The summed E-state index contributed by atoms with van der Waals surface area (Å²) in [6.07, 6.45) is -3.42. The van der Waals surface area contributed by atoms with E-state index in [-0.39, 0.29) is 73.8 Å². The lowest BCUT2D eigenvalue weighted by Crippen LogP contribution is -2.51. The van der Waals surface area contributed by atoms with Crippen LogP contribution in [0.1, 0.15) is 56.7 Å². The molecular weight excluding hydrogens is 554 g/mol. The third kappa shape index (κ3) is 7.08. The number of nitrogens with one attached hydrogen (secondary N) is 1. The van der Waals surface area contributed by atoms with E-state index < -0.39 is 47.5 Å². The van der Waals surface area contributed by atoms with Gasteiger partial charge < -0.3 is 20.5 Å². The summed E-state index contributed by atoms with van der Waals surface area (Å²) in [6, 6.07) is -0.424. The molecule has 226 valence electrons. The molecule has 3 heterocycles. The number of ketones is 1. The number of hydrogen-bond donors (Lipinski definition) is 2. The number of aromatic nitrogens is 3. The van der Waals surface area contributed by atoms with Gasteiger partial charge in [0.2, 0.25) is 11.7 Å². The summed E-state index contributed by atoms with van der Waals surface area (Å²) in [7, 11) is 0. The highest BCUT2D eigenvalue weighted by molar-refractivity contribution is 5.83. The van der Waals surface area contributed by atoms with E-state index >= 15 is 0 Å².